The van der Waals surface area contributed by atoms with Crippen molar-refractivity contribution in [3.8, 4) is 0 Å². The maximum atomic E-state index is 9.33. The molecule has 2 aromatic heterocycles. The maximum Gasteiger partial charge on any atom is 0.224 e. The lowest BCUT2D eigenvalue weighted by atomic mass is 9.95. The monoisotopic (exact) mass is 266 g/mol. The fourth-order valence-electron chi connectivity index (χ4n) is 2.28. The van der Waals surface area contributed by atoms with Gasteiger partial charge in [-0.15, -0.1) is 0 Å². The van der Waals surface area contributed by atoms with E-state index in [1.165, 1.54) is 6.33 Å². The molecule has 3 unspecified atom stereocenters. The maximum absolute atomic E-state index is 9.33. The van der Waals surface area contributed by atoms with Gasteiger partial charge in [-0.1, -0.05) is 0 Å². The number of aliphatic hydroxyl groups is 2. The summed E-state index contributed by atoms with van der Waals surface area (Å²) in [4.78, 5) is 12.0. The highest BCUT2D eigenvalue weighted by atomic mass is 16.5. The fraction of sp³-hybridized carbons (Fsp3) is 0.500. The number of anilines is 2. The summed E-state index contributed by atoms with van der Waals surface area (Å²) in [5, 5.41) is 18.4. The molecular weight excluding hydrogens is 252 g/mol. The number of rotatable bonds is 3. The van der Waals surface area contributed by atoms with Crippen molar-refractivity contribution in [2.75, 3.05) is 24.7 Å². The molecule has 9 nitrogen and oxygen atoms in total. The van der Waals surface area contributed by atoms with Crippen LogP contribution in [0.2, 0.25) is 0 Å². The Morgan fingerprint density at radius 3 is 2.74 bits per heavy atom. The SMILES string of the molecule is Nc1nc(N)c2ncn(C3OC(CO)C3CO)c2n1. The van der Waals surface area contributed by atoms with Gasteiger partial charge in [0, 0.05) is 0 Å². The van der Waals surface area contributed by atoms with E-state index in [1.54, 1.807) is 4.57 Å². The van der Waals surface area contributed by atoms with Crippen molar-refractivity contribution in [1.82, 2.24) is 19.5 Å². The molecule has 3 heterocycles. The summed E-state index contributed by atoms with van der Waals surface area (Å²) in [7, 11) is 0. The standard InChI is InChI=1S/C10H14N6O3/c11-7-6-8(15-10(12)14-7)16(3-13-6)9-4(1-17)5(2-18)19-9/h3-5,9,17-18H,1-2H2,(H4,11,12,14,15). The molecule has 0 bridgehead atoms. The van der Waals surface area contributed by atoms with Crippen LogP contribution in [0.3, 0.4) is 0 Å². The van der Waals surface area contributed by atoms with E-state index in [0.29, 0.717) is 11.2 Å². The summed E-state index contributed by atoms with van der Waals surface area (Å²) < 4.78 is 7.13. The molecule has 1 fully saturated rings. The van der Waals surface area contributed by atoms with Gasteiger partial charge in [0.1, 0.15) is 11.7 Å². The lowest BCUT2D eigenvalue weighted by molar-refractivity contribution is -0.243. The Bertz CT molecular complexity index is 615. The lowest BCUT2D eigenvalue weighted by Crippen LogP contribution is -2.49. The van der Waals surface area contributed by atoms with Crippen molar-refractivity contribution >= 4 is 22.9 Å². The van der Waals surface area contributed by atoms with Crippen LogP contribution >= 0.6 is 0 Å². The quantitative estimate of drug-likeness (QED) is 0.524. The Morgan fingerprint density at radius 1 is 1.26 bits per heavy atom. The molecule has 9 heteroatoms. The molecule has 1 aliphatic heterocycles. The van der Waals surface area contributed by atoms with Crippen molar-refractivity contribution in [1.29, 1.82) is 0 Å². The first kappa shape index (κ1) is 12.1. The minimum absolute atomic E-state index is 0.0466. The van der Waals surface area contributed by atoms with Gasteiger partial charge in [-0.3, -0.25) is 4.57 Å². The van der Waals surface area contributed by atoms with Crippen molar-refractivity contribution < 1.29 is 14.9 Å². The molecule has 1 aliphatic rings. The Labute approximate surface area is 107 Å². The summed E-state index contributed by atoms with van der Waals surface area (Å²) in [6.45, 7) is -0.251. The normalized spacial score (nSPS) is 26.5. The number of hydrogen-bond donors (Lipinski definition) is 4. The Morgan fingerprint density at radius 2 is 2.05 bits per heavy atom. The highest BCUT2D eigenvalue weighted by Gasteiger charge is 2.43. The number of fused-ring (bicyclic) bond motifs is 1. The molecule has 3 atom stereocenters. The predicted octanol–water partition coefficient (Wildman–Crippen LogP) is -1.51. The van der Waals surface area contributed by atoms with Gasteiger partial charge in [-0.05, 0) is 0 Å². The summed E-state index contributed by atoms with van der Waals surface area (Å²) in [6, 6.07) is 0. The Hall–Kier alpha value is -1.97. The number of nitrogens with two attached hydrogens (primary N) is 2. The Kier molecular flexibility index (Phi) is 2.73. The molecular formula is C10H14N6O3. The number of aliphatic hydroxyl groups excluding tert-OH is 2. The molecule has 0 aliphatic carbocycles. The molecule has 102 valence electrons. The second kappa shape index (κ2) is 4.30. The van der Waals surface area contributed by atoms with Gasteiger partial charge in [-0.2, -0.15) is 9.97 Å². The highest BCUT2D eigenvalue weighted by molar-refractivity contribution is 5.82. The summed E-state index contributed by atoms with van der Waals surface area (Å²) in [5.41, 5.74) is 12.2. The molecule has 2 aromatic rings. The van der Waals surface area contributed by atoms with E-state index in [4.69, 9.17) is 21.3 Å². The lowest BCUT2D eigenvalue weighted by Gasteiger charge is -2.43. The third kappa shape index (κ3) is 1.70. The summed E-state index contributed by atoms with van der Waals surface area (Å²) in [5.74, 6) is 0.0185. The third-order valence-corrected chi connectivity index (χ3v) is 3.29. The zero-order valence-corrected chi connectivity index (χ0v) is 9.97. The number of hydrogen-bond acceptors (Lipinski definition) is 8. The largest absolute Gasteiger partial charge is 0.396 e. The molecule has 19 heavy (non-hydrogen) atoms. The van der Waals surface area contributed by atoms with Crippen LogP contribution in [0.1, 0.15) is 6.23 Å². The second-order valence-electron chi connectivity index (χ2n) is 4.39. The molecule has 3 rings (SSSR count). The van der Waals surface area contributed by atoms with E-state index >= 15 is 0 Å². The Balaban J connectivity index is 2.02. The number of nitrogen functional groups attached to an aromatic ring is 2. The molecule has 0 radical (unpaired) electrons. The first-order valence-electron chi connectivity index (χ1n) is 5.78. The third-order valence-electron chi connectivity index (χ3n) is 3.29. The van der Waals surface area contributed by atoms with Gasteiger partial charge in [0.05, 0.1) is 31.6 Å². The van der Waals surface area contributed by atoms with Gasteiger partial charge >= 0.3 is 0 Å². The number of ether oxygens (including phenoxy) is 1. The minimum atomic E-state index is -0.444. The zero-order chi connectivity index (χ0) is 13.6. The van der Waals surface area contributed by atoms with Crippen molar-refractivity contribution in [3.05, 3.63) is 6.33 Å². The smallest absolute Gasteiger partial charge is 0.224 e. The van der Waals surface area contributed by atoms with E-state index in [-0.39, 0.29) is 37.0 Å². The van der Waals surface area contributed by atoms with Crippen molar-refractivity contribution in [3.63, 3.8) is 0 Å². The topological polar surface area (TPSA) is 145 Å². The molecule has 0 amide bonds. The van der Waals surface area contributed by atoms with Crippen LogP contribution in [0.15, 0.2) is 6.33 Å². The summed E-state index contributed by atoms with van der Waals surface area (Å²) in [6.07, 6.45) is 0.681. The average molecular weight is 266 g/mol. The fourth-order valence-corrected chi connectivity index (χ4v) is 2.28. The van der Waals surface area contributed by atoms with E-state index in [0.717, 1.165) is 0 Å². The van der Waals surface area contributed by atoms with Crippen LogP contribution in [-0.4, -0.2) is 49.0 Å². The van der Waals surface area contributed by atoms with Crippen LogP contribution in [0.25, 0.3) is 11.2 Å². The molecule has 1 saturated heterocycles. The molecule has 0 saturated carbocycles. The van der Waals surface area contributed by atoms with E-state index in [2.05, 4.69) is 15.0 Å². The van der Waals surface area contributed by atoms with E-state index in [9.17, 15) is 5.11 Å². The van der Waals surface area contributed by atoms with Crippen LogP contribution < -0.4 is 11.5 Å². The van der Waals surface area contributed by atoms with Crippen LogP contribution in [0, 0.1) is 5.92 Å². The van der Waals surface area contributed by atoms with Gasteiger partial charge in [0.2, 0.25) is 5.95 Å². The van der Waals surface area contributed by atoms with Gasteiger partial charge in [0.25, 0.3) is 0 Å². The molecule has 0 aromatic carbocycles. The van der Waals surface area contributed by atoms with Crippen LogP contribution in [0.5, 0.6) is 0 Å². The number of aromatic nitrogens is 4. The molecule has 6 N–H and O–H groups in total. The molecule has 0 spiro atoms. The average Bonchev–Trinajstić information content (AvgIpc) is 2.73. The van der Waals surface area contributed by atoms with E-state index in [1.807, 2.05) is 0 Å². The zero-order valence-electron chi connectivity index (χ0n) is 9.97. The van der Waals surface area contributed by atoms with Gasteiger partial charge in [0.15, 0.2) is 11.5 Å². The minimum Gasteiger partial charge on any atom is -0.396 e. The van der Waals surface area contributed by atoms with Crippen LogP contribution in [-0.2, 0) is 4.74 Å². The van der Waals surface area contributed by atoms with E-state index < -0.39 is 6.23 Å². The predicted molar refractivity (Wildman–Crippen MR) is 65.7 cm³/mol. The van der Waals surface area contributed by atoms with Gasteiger partial charge in [-0.25, -0.2) is 4.98 Å². The second-order valence-corrected chi connectivity index (χ2v) is 4.39. The summed E-state index contributed by atoms with van der Waals surface area (Å²) >= 11 is 0. The van der Waals surface area contributed by atoms with Crippen molar-refractivity contribution in [2.45, 2.75) is 12.3 Å². The first-order valence-corrected chi connectivity index (χ1v) is 5.78. The van der Waals surface area contributed by atoms with Crippen molar-refractivity contribution in [2.24, 2.45) is 5.92 Å². The number of nitrogens with zero attached hydrogens (tertiary/aromatic N) is 4. The number of imidazole rings is 1. The van der Waals surface area contributed by atoms with Gasteiger partial charge < -0.3 is 26.4 Å². The highest BCUT2D eigenvalue weighted by Crippen LogP contribution is 2.38. The van der Waals surface area contributed by atoms with Crippen LogP contribution in [0.4, 0.5) is 11.8 Å². The first-order chi connectivity index (χ1) is 9.15.